The number of hydrogen-bond donors (Lipinski definition) is 4. The Bertz CT molecular complexity index is 520. The van der Waals surface area contributed by atoms with Crippen molar-refractivity contribution in [1.82, 2.24) is 19.9 Å². The van der Waals surface area contributed by atoms with Crippen molar-refractivity contribution in [2.24, 2.45) is 0 Å². The van der Waals surface area contributed by atoms with Crippen molar-refractivity contribution in [3.63, 3.8) is 0 Å². The SMILES string of the molecule is CC(C)(CCO)Nc1nc(N)nc2nc[nH]c12. The van der Waals surface area contributed by atoms with E-state index >= 15 is 0 Å². The first-order valence-electron chi connectivity index (χ1n) is 5.37. The van der Waals surface area contributed by atoms with Crippen LogP contribution >= 0.6 is 0 Å². The molecule has 92 valence electrons. The summed E-state index contributed by atoms with van der Waals surface area (Å²) in [5, 5.41) is 12.2. The van der Waals surface area contributed by atoms with Crippen LogP contribution in [0.15, 0.2) is 6.33 Å². The Morgan fingerprint density at radius 3 is 2.94 bits per heavy atom. The lowest BCUT2D eigenvalue weighted by atomic mass is 10.0. The highest BCUT2D eigenvalue weighted by molar-refractivity contribution is 5.83. The number of anilines is 2. The molecule has 0 bridgehead atoms. The molecule has 5 N–H and O–H groups in total. The van der Waals surface area contributed by atoms with E-state index in [1.807, 2.05) is 13.8 Å². The Labute approximate surface area is 98.5 Å². The number of fused-ring (bicyclic) bond motifs is 1. The first kappa shape index (κ1) is 11.6. The van der Waals surface area contributed by atoms with Crippen LogP contribution in [0.1, 0.15) is 20.3 Å². The van der Waals surface area contributed by atoms with Crippen LogP contribution < -0.4 is 11.1 Å². The quantitative estimate of drug-likeness (QED) is 0.615. The van der Waals surface area contributed by atoms with Gasteiger partial charge in [0.1, 0.15) is 5.52 Å². The molecule has 2 rings (SSSR count). The highest BCUT2D eigenvalue weighted by Crippen LogP contribution is 2.22. The van der Waals surface area contributed by atoms with E-state index in [4.69, 9.17) is 10.8 Å². The zero-order valence-electron chi connectivity index (χ0n) is 9.86. The Kier molecular flexibility index (Phi) is 2.84. The number of imidazole rings is 1. The van der Waals surface area contributed by atoms with Crippen LogP contribution in [0, 0.1) is 0 Å². The molecular weight excluding hydrogens is 220 g/mol. The maximum atomic E-state index is 8.99. The molecule has 0 saturated carbocycles. The van der Waals surface area contributed by atoms with Gasteiger partial charge in [-0.3, -0.25) is 0 Å². The lowest BCUT2D eigenvalue weighted by molar-refractivity contribution is 0.260. The van der Waals surface area contributed by atoms with Gasteiger partial charge in [0, 0.05) is 12.1 Å². The number of nitrogen functional groups attached to an aromatic ring is 1. The molecule has 2 aromatic heterocycles. The molecule has 2 aromatic rings. The highest BCUT2D eigenvalue weighted by Gasteiger charge is 2.19. The van der Waals surface area contributed by atoms with Gasteiger partial charge in [-0.1, -0.05) is 0 Å². The van der Waals surface area contributed by atoms with Crippen LogP contribution in [0.25, 0.3) is 11.2 Å². The maximum absolute atomic E-state index is 8.99. The molecule has 0 aromatic carbocycles. The summed E-state index contributed by atoms with van der Waals surface area (Å²) in [5.41, 5.74) is 6.57. The zero-order valence-corrected chi connectivity index (χ0v) is 9.86. The van der Waals surface area contributed by atoms with Gasteiger partial charge in [0.2, 0.25) is 5.95 Å². The van der Waals surface area contributed by atoms with Gasteiger partial charge in [-0.25, -0.2) is 4.98 Å². The van der Waals surface area contributed by atoms with Crippen molar-refractivity contribution in [2.45, 2.75) is 25.8 Å². The molecular formula is C10H16N6O. The summed E-state index contributed by atoms with van der Waals surface area (Å²) in [6, 6.07) is 0. The lowest BCUT2D eigenvalue weighted by Gasteiger charge is -2.26. The van der Waals surface area contributed by atoms with Crippen LogP contribution in [0.5, 0.6) is 0 Å². The summed E-state index contributed by atoms with van der Waals surface area (Å²) in [6.07, 6.45) is 2.15. The van der Waals surface area contributed by atoms with E-state index in [1.54, 1.807) is 6.33 Å². The minimum Gasteiger partial charge on any atom is -0.396 e. The Hall–Kier alpha value is -1.89. The average molecular weight is 236 g/mol. The van der Waals surface area contributed by atoms with Gasteiger partial charge >= 0.3 is 0 Å². The van der Waals surface area contributed by atoms with E-state index in [0.717, 1.165) is 0 Å². The summed E-state index contributed by atoms with van der Waals surface area (Å²) in [5.74, 6) is 0.773. The average Bonchev–Trinajstić information content (AvgIpc) is 2.64. The molecule has 0 aliphatic rings. The van der Waals surface area contributed by atoms with Crippen LogP contribution in [0.4, 0.5) is 11.8 Å². The number of rotatable bonds is 4. The van der Waals surface area contributed by atoms with E-state index in [2.05, 4.69) is 25.3 Å². The van der Waals surface area contributed by atoms with Crippen LogP contribution in [-0.2, 0) is 0 Å². The number of aromatic amines is 1. The van der Waals surface area contributed by atoms with Crippen molar-refractivity contribution in [2.75, 3.05) is 17.7 Å². The number of H-pyrrole nitrogens is 1. The predicted molar refractivity (Wildman–Crippen MR) is 65.5 cm³/mol. The Balaban J connectivity index is 2.37. The third-order valence-electron chi connectivity index (χ3n) is 2.50. The largest absolute Gasteiger partial charge is 0.396 e. The third kappa shape index (κ3) is 2.44. The van der Waals surface area contributed by atoms with Crippen molar-refractivity contribution >= 4 is 22.9 Å². The number of nitrogens with two attached hydrogens (primary N) is 1. The van der Waals surface area contributed by atoms with Gasteiger partial charge in [-0.05, 0) is 20.3 Å². The molecule has 17 heavy (non-hydrogen) atoms. The first-order chi connectivity index (χ1) is 8.02. The molecule has 0 fully saturated rings. The van der Waals surface area contributed by atoms with E-state index in [0.29, 0.717) is 23.4 Å². The molecule has 7 nitrogen and oxygen atoms in total. The lowest BCUT2D eigenvalue weighted by Crippen LogP contribution is -2.32. The van der Waals surface area contributed by atoms with Gasteiger partial charge in [-0.15, -0.1) is 0 Å². The fraction of sp³-hybridized carbons (Fsp3) is 0.500. The molecule has 0 radical (unpaired) electrons. The number of nitrogens with one attached hydrogen (secondary N) is 2. The van der Waals surface area contributed by atoms with Crippen molar-refractivity contribution < 1.29 is 5.11 Å². The fourth-order valence-corrected chi connectivity index (χ4v) is 1.60. The van der Waals surface area contributed by atoms with Gasteiger partial charge in [0.15, 0.2) is 11.5 Å². The van der Waals surface area contributed by atoms with Crippen molar-refractivity contribution in [3.8, 4) is 0 Å². The second kappa shape index (κ2) is 4.17. The van der Waals surface area contributed by atoms with Gasteiger partial charge < -0.3 is 21.1 Å². The molecule has 0 aliphatic heterocycles. The van der Waals surface area contributed by atoms with E-state index < -0.39 is 0 Å². The fourth-order valence-electron chi connectivity index (χ4n) is 1.60. The second-order valence-corrected chi connectivity index (χ2v) is 4.51. The maximum Gasteiger partial charge on any atom is 0.224 e. The molecule has 0 amide bonds. The molecule has 0 saturated heterocycles. The van der Waals surface area contributed by atoms with Crippen LogP contribution in [-0.4, -0.2) is 37.2 Å². The van der Waals surface area contributed by atoms with Gasteiger partial charge in [-0.2, -0.15) is 9.97 Å². The third-order valence-corrected chi connectivity index (χ3v) is 2.50. The number of nitrogens with zero attached hydrogens (tertiary/aromatic N) is 3. The molecule has 0 spiro atoms. The summed E-state index contributed by atoms with van der Waals surface area (Å²) < 4.78 is 0. The van der Waals surface area contributed by atoms with Crippen molar-refractivity contribution in [3.05, 3.63) is 6.33 Å². The number of aliphatic hydroxyl groups is 1. The molecule has 7 heteroatoms. The number of aromatic nitrogens is 4. The van der Waals surface area contributed by atoms with Crippen LogP contribution in [0.2, 0.25) is 0 Å². The topological polar surface area (TPSA) is 113 Å². The number of hydrogen-bond acceptors (Lipinski definition) is 6. The summed E-state index contributed by atoms with van der Waals surface area (Å²) in [7, 11) is 0. The Morgan fingerprint density at radius 1 is 1.47 bits per heavy atom. The smallest absolute Gasteiger partial charge is 0.224 e. The zero-order chi connectivity index (χ0) is 12.5. The van der Waals surface area contributed by atoms with Crippen LogP contribution in [0.3, 0.4) is 0 Å². The summed E-state index contributed by atoms with van der Waals surface area (Å²) in [4.78, 5) is 15.2. The van der Waals surface area contributed by atoms with E-state index in [9.17, 15) is 0 Å². The predicted octanol–water partition coefficient (Wildman–Crippen LogP) is 0.508. The summed E-state index contributed by atoms with van der Waals surface area (Å²) in [6.45, 7) is 4.06. The van der Waals surface area contributed by atoms with E-state index in [1.165, 1.54) is 0 Å². The highest BCUT2D eigenvalue weighted by atomic mass is 16.3. The standard InChI is InChI=1S/C10H16N6O/c1-10(2,3-4-17)16-8-6-7(13-5-12-6)14-9(11)15-8/h5,17H,3-4H2,1-2H3,(H4,11,12,13,14,15,16). The van der Waals surface area contributed by atoms with E-state index in [-0.39, 0.29) is 18.1 Å². The molecule has 0 aliphatic carbocycles. The first-order valence-corrected chi connectivity index (χ1v) is 5.37. The normalized spacial score (nSPS) is 11.9. The van der Waals surface area contributed by atoms with Crippen molar-refractivity contribution in [1.29, 1.82) is 0 Å². The molecule has 0 unspecified atom stereocenters. The monoisotopic (exact) mass is 236 g/mol. The van der Waals surface area contributed by atoms with Gasteiger partial charge in [0.05, 0.1) is 6.33 Å². The minimum atomic E-state index is -0.284. The summed E-state index contributed by atoms with van der Waals surface area (Å²) >= 11 is 0. The molecule has 2 heterocycles. The minimum absolute atomic E-state index is 0.104. The Morgan fingerprint density at radius 2 is 2.24 bits per heavy atom. The van der Waals surface area contributed by atoms with Gasteiger partial charge in [0.25, 0.3) is 0 Å². The number of aliphatic hydroxyl groups excluding tert-OH is 1. The molecule has 0 atom stereocenters. The second-order valence-electron chi connectivity index (χ2n) is 4.51.